The van der Waals surface area contributed by atoms with Crippen LogP contribution in [0.3, 0.4) is 0 Å². The summed E-state index contributed by atoms with van der Waals surface area (Å²) in [5.41, 5.74) is 2.20. The smallest absolute Gasteiger partial charge is 0.335 e. The molecular formula is C21H31N7O2. The number of para-hydroxylation sites is 1. The van der Waals surface area contributed by atoms with Crippen LogP contribution in [-0.2, 0) is 6.42 Å². The van der Waals surface area contributed by atoms with Crippen molar-refractivity contribution in [2.24, 2.45) is 0 Å². The molecule has 0 spiro atoms. The maximum absolute atomic E-state index is 12.0. The number of aromatic nitrogens is 3. The average molecular weight is 414 g/mol. The number of aromatic amines is 1. The summed E-state index contributed by atoms with van der Waals surface area (Å²) < 4.78 is 0. The Kier molecular flexibility index (Phi) is 8.54. The summed E-state index contributed by atoms with van der Waals surface area (Å²) in [5.74, 6) is 0.370. The van der Waals surface area contributed by atoms with E-state index in [4.69, 9.17) is 0 Å². The van der Waals surface area contributed by atoms with E-state index in [0.29, 0.717) is 31.0 Å². The fourth-order valence-electron chi connectivity index (χ4n) is 3.01. The van der Waals surface area contributed by atoms with Crippen molar-refractivity contribution in [2.45, 2.75) is 20.3 Å². The van der Waals surface area contributed by atoms with Crippen LogP contribution in [0.4, 0.5) is 17.2 Å². The molecule has 2 heterocycles. The molecule has 0 amide bonds. The summed E-state index contributed by atoms with van der Waals surface area (Å²) >= 11 is 0. The van der Waals surface area contributed by atoms with Crippen molar-refractivity contribution in [3.8, 4) is 0 Å². The van der Waals surface area contributed by atoms with Gasteiger partial charge < -0.3 is 20.1 Å². The lowest BCUT2D eigenvalue weighted by atomic mass is 10.1. The zero-order valence-corrected chi connectivity index (χ0v) is 18.3. The number of imidazole rings is 1. The third-order valence-corrected chi connectivity index (χ3v) is 4.53. The molecule has 0 aliphatic rings. The Balaban J connectivity index is 0.00000155. The molecule has 162 valence electrons. The summed E-state index contributed by atoms with van der Waals surface area (Å²) in [5, 5.41) is 16.0. The predicted octanol–water partition coefficient (Wildman–Crippen LogP) is 3.54. The number of benzene rings is 1. The van der Waals surface area contributed by atoms with E-state index in [-0.39, 0.29) is 10.6 Å². The van der Waals surface area contributed by atoms with Gasteiger partial charge in [-0.15, -0.1) is 0 Å². The van der Waals surface area contributed by atoms with E-state index in [1.807, 2.05) is 69.1 Å². The molecule has 2 aromatic heterocycles. The molecule has 0 atom stereocenters. The van der Waals surface area contributed by atoms with Gasteiger partial charge in [-0.1, -0.05) is 32.0 Å². The summed E-state index contributed by atoms with van der Waals surface area (Å²) in [7, 11) is 5.78. The second kappa shape index (κ2) is 11.1. The Labute approximate surface area is 177 Å². The van der Waals surface area contributed by atoms with E-state index < -0.39 is 0 Å². The van der Waals surface area contributed by atoms with Crippen LogP contribution in [0.25, 0.3) is 10.9 Å². The van der Waals surface area contributed by atoms with E-state index in [1.54, 1.807) is 12.5 Å². The number of pyridine rings is 1. The zero-order valence-electron chi connectivity index (χ0n) is 18.3. The zero-order chi connectivity index (χ0) is 22.1. The van der Waals surface area contributed by atoms with Gasteiger partial charge in [0.15, 0.2) is 0 Å². The topological polar surface area (TPSA) is 103 Å². The Bertz CT molecular complexity index is 942. The van der Waals surface area contributed by atoms with Gasteiger partial charge in [0.25, 0.3) is 0 Å². The Morgan fingerprint density at radius 3 is 2.53 bits per heavy atom. The van der Waals surface area contributed by atoms with E-state index in [9.17, 15) is 10.1 Å². The highest BCUT2D eigenvalue weighted by Crippen LogP contribution is 2.39. The number of nitrogens with zero attached hydrogens (tertiary/aromatic N) is 5. The van der Waals surface area contributed by atoms with E-state index in [2.05, 4.69) is 20.3 Å². The average Bonchev–Trinajstić information content (AvgIpc) is 3.26. The number of nitro groups is 1. The van der Waals surface area contributed by atoms with Crippen molar-refractivity contribution < 1.29 is 4.92 Å². The molecule has 0 bridgehead atoms. The molecule has 0 fully saturated rings. The predicted molar refractivity (Wildman–Crippen MR) is 122 cm³/mol. The molecule has 0 aliphatic carbocycles. The van der Waals surface area contributed by atoms with Gasteiger partial charge >= 0.3 is 5.69 Å². The highest BCUT2D eigenvalue weighted by molar-refractivity contribution is 5.99. The highest BCUT2D eigenvalue weighted by atomic mass is 16.6. The van der Waals surface area contributed by atoms with Gasteiger partial charge in [-0.05, 0) is 20.2 Å². The number of nitrogens with one attached hydrogen (secondary N) is 2. The number of hydrogen-bond acceptors (Lipinski definition) is 7. The lowest BCUT2D eigenvalue weighted by molar-refractivity contribution is -0.383. The van der Waals surface area contributed by atoms with Crippen molar-refractivity contribution in [2.75, 3.05) is 51.0 Å². The lowest BCUT2D eigenvalue weighted by Crippen LogP contribution is -2.29. The molecule has 0 aliphatic heterocycles. The largest absolute Gasteiger partial charge is 0.378 e. The molecule has 9 nitrogen and oxygen atoms in total. The third kappa shape index (κ3) is 5.66. The first kappa shape index (κ1) is 23.1. The standard InChI is InChI=1S/C19H25N7O2.C2H6/c1-24(2)10-11-25(3)19-18(26(27)28)17(15-6-4-5-7-16(15)23-19)21-9-8-14-12-20-13-22-14;1-2/h4-7,12-13H,8-11H2,1-3H3,(H,20,22)(H,21,23);1-2H3. The van der Waals surface area contributed by atoms with Crippen molar-refractivity contribution in [1.82, 2.24) is 19.9 Å². The first-order valence-electron chi connectivity index (χ1n) is 10.1. The molecule has 9 heteroatoms. The Morgan fingerprint density at radius 2 is 1.90 bits per heavy atom. The molecule has 30 heavy (non-hydrogen) atoms. The third-order valence-electron chi connectivity index (χ3n) is 4.53. The number of H-pyrrole nitrogens is 1. The minimum Gasteiger partial charge on any atom is -0.378 e. The molecule has 2 N–H and O–H groups in total. The monoisotopic (exact) mass is 413 g/mol. The summed E-state index contributed by atoms with van der Waals surface area (Å²) in [6.07, 6.45) is 4.05. The highest BCUT2D eigenvalue weighted by Gasteiger charge is 2.27. The van der Waals surface area contributed by atoms with E-state index in [1.165, 1.54) is 0 Å². The SMILES string of the molecule is CC.CN(C)CCN(C)c1nc2ccccc2c(NCCc2cnc[nH]2)c1[N+](=O)[O-]. The second-order valence-corrected chi connectivity index (χ2v) is 6.91. The minimum atomic E-state index is -0.348. The fourth-order valence-corrected chi connectivity index (χ4v) is 3.01. The van der Waals surface area contributed by atoms with Gasteiger partial charge in [-0.3, -0.25) is 10.1 Å². The van der Waals surface area contributed by atoms with Crippen LogP contribution >= 0.6 is 0 Å². The van der Waals surface area contributed by atoms with E-state index in [0.717, 1.165) is 23.1 Å². The van der Waals surface area contributed by atoms with Gasteiger partial charge in [0, 0.05) is 50.4 Å². The molecule has 3 aromatic rings. The molecule has 3 rings (SSSR count). The summed E-state index contributed by atoms with van der Waals surface area (Å²) in [4.78, 5) is 27.2. The number of hydrogen-bond donors (Lipinski definition) is 2. The Hall–Kier alpha value is -3.20. The number of rotatable bonds is 9. The molecular weight excluding hydrogens is 382 g/mol. The molecule has 0 unspecified atom stereocenters. The van der Waals surface area contributed by atoms with Crippen molar-refractivity contribution in [1.29, 1.82) is 0 Å². The number of likely N-dealkylation sites (N-methyl/N-ethyl adjacent to an activating group) is 2. The van der Waals surface area contributed by atoms with Crippen LogP contribution in [0.5, 0.6) is 0 Å². The first-order valence-corrected chi connectivity index (χ1v) is 10.1. The molecule has 0 saturated carbocycles. The Morgan fingerprint density at radius 1 is 1.17 bits per heavy atom. The van der Waals surface area contributed by atoms with Gasteiger partial charge in [0.05, 0.1) is 16.8 Å². The number of anilines is 2. The van der Waals surface area contributed by atoms with Crippen molar-refractivity contribution in [3.63, 3.8) is 0 Å². The van der Waals surface area contributed by atoms with Crippen LogP contribution in [0.1, 0.15) is 19.5 Å². The van der Waals surface area contributed by atoms with E-state index >= 15 is 0 Å². The molecule has 1 aromatic carbocycles. The maximum Gasteiger partial charge on any atom is 0.335 e. The van der Waals surface area contributed by atoms with Crippen molar-refractivity contribution in [3.05, 3.63) is 52.6 Å². The first-order chi connectivity index (χ1) is 14.5. The van der Waals surface area contributed by atoms with Crippen LogP contribution < -0.4 is 10.2 Å². The normalized spacial score (nSPS) is 10.6. The fraction of sp³-hybridized carbons (Fsp3) is 0.429. The van der Waals surface area contributed by atoms with Crippen LogP contribution in [0, 0.1) is 10.1 Å². The second-order valence-electron chi connectivity index (χ2n) is 6.91. The van der Waals surface area contributed by atoms with Gasteiger partial charge in [-0.2, -0.15) is 0 Å². The van der Waals surface area contributed by atoms with Crippen LogP contribution in [-0.4, -0.2) is 65.6 Å². The van der Waals surface area contributed by atoms with Gasteiger partial charge in [0.2, 0.25) is 5.82 Å². The van der Waals surface area contributed by atoms with Gasteiger partial charge in [0.1, 0.15) is 5.69 Å². The molecule has 0 radical (unpaired) electrons. The summed E-state index contributed by atoms with van der Waals surface area (Å²) in [6.45, 7) is 5.94. The lowest BCUT2D eigenvalue weighted by Gasteiger charge is -2.22. The van der Waals surface area contributed by atoms with Crippen molar-refractivity contribution >= 4 is 28.1 Å². The van der Waals surface area contributed by atoms with Crippen LogP contribution in [0.2, 0.25) is 0 Å². The molecule has 0 saturated heterocycles. The minimum absolute atomic E-state index is 0.00423. The number of fused-ring (bicyclic) bond motifs is 1. The van der Waals surface area contributed by atoms with Crippen LogP contribution in [0.15, 0.2) is 36.8 Å². The quantitative estimate of drug-likeness (QED) is 0.408. The maximum atomic E-state index is 12.0. The summed E-state index contributed by atoms with van der Waals surface area (Å²) in [6, 6.07) is 7.49. The van der Waals surface area contributed by atoms with Gasteiger partial charge in [-0.25, -0.2) is 9.97 Å².